The Morgan fingerprint density at radius 1 is 1.24 bits per heavy atom. The Labute approximate surface area is 102 Å². The van der Waals surface area contributed by atoms with E-state index in [1.807, 2.05) is 0 Å². The van der Waals surface area contributed by atoms with Gasteiger partial charge in [-0.1, -0.05) is 12.8 Å². The van der Waals surface area contributed by atoms with Crippen molar-refractivity contribution in [1.29, 1.82) is 0 Å². The quantitative estimate of drug-likeness (QED) is 0.753. The molecule has 1 heterocycles. The van der Waals surface area contributed by atoms with E-state index in [1.54, 1.807) is 0 Å². The molecular formula is C11H19NO4S. The van der Waals surface area contributed by atoms with Crippen LogP contribution in [-0.2, 0) is 19.1 Å². The normalized spacial score (nSPS) is 26.2. The van der Waals surface area contributed by atoms with Crippen LogP contribution in [0.1, 0.15) is 32.1 Å². The van der Waals surface area contributed by atoms with Gasteiger partial charge >= 0.3 is 16.1 Å². The molecule has 0 aromatic rings. The molecule has 0 aromatic carbocycles. The SMILES string of the molecule is O=C(OS(=O)(=O)C[C@@H]1CCNC1)C1CCCC1. The van der Waals surface area contributed by atoms with Gasteiger partial charge in [-0.3, -0.25) is 4.79 Å². The maximum Gasteiger partial charge on any atom is 0.325 e. The molecule has 1 atom stereocenters. The maximum absolute atomic E-state index is 11.7. The molecule has 2 aliphatic rings. The predicted molar refractivity (Wildman–Crippen MR) is 62.8 cm³/mol. The van der Waals surface area contributed by atoms with Crippen LogP contribution in [0.5, 0.6) is 0 Å². The van der Waals surface area contributed by atoms with Crippen LogP contribution >= 0.6 is 0 Å². The van der Waals surface area contributed by atoms with Crippen molar-refractivity contribution >= 4 is 16.1 Å². The lowest BCUT2D eigenvalue weighted by Crippen LogP contribution is -2.25. The zero-order valence-corrected chi connectivity index (χ0v) is 10.7. The lowest BCUT2D eigenvalue weighted by Gasteiger charge is -2.12. The Bertz CT molecular complexity index is 367. The second-order valence-corrected chi connectivity index (χ2v) is 6.58. The van der Waals surface area contributed by atoms with Gasteiger partial charge in [0.15, 0.2) is 0 Å². The van der Waals surface area contributed by atoms with Crippen molar-refractivity contribution in [3.63, 3.8) is 0 Å². The van der Waals surface area contributed by atoms with Gasteiger partial charge in [-0.25, -0.2) is 0 Å². The zero-order valence-electron chi connectivity index (χ0n) is 9.85. The predicted octanol–water partition coefficient (Wildman–Crippen LogP) is 0.659. The van der Waals surface area contributed by atoms with Gasteiger partial charge in [0.2, 0.25) is 0 Å². The highest BCUT2D eigenvalue weighted by atomic mass is 32.2. The molecule has 1 aliphatic heterocycles. The highest BCUT2D eigenvalue weighted by Crippen LogP contribution is 2.26. The molecule has 1 N–H and O–H groups in total. The molecule has 17 heavy (non-hydrogen) atoms. The van der Waals surface area contributed by atoms with E-state index in [0.29, 0.717) is 6.54 Å². The second kappa shape index (κ2) is 5.35. The molecule has 0 radical (unpaired) electrons. The molecule has 1 saturated carbocycles. The molecule has 0 unspecified atom stereocenters. The Morgan fingerprint density at radius 3 is 2.53 bits per heavy atom. The van der Waals surface area contributed by atoms with Crippen LogP contribution in [0.3, 0.4) is 0 Å². The van der Waals surface area contributed by atoms with Crippen molar-refractivity contribution in [3.05, 3.63) is 0 Å². The number of carbonyl (C=O) groups excluding carboxylic acids is 1. The Morgan fingerprint density at radius 2 is 1.94 bits per heavy atom. The van der Waals surface area contributed by atoms with E-state index in [2.05, 4.69) is 9.50 Å². The maximum atomic E-state index is 11.7. The van der Waals surface area contributed by atoms with Crippen LogP contribution in [0.2, 0.25) is 0 Å². The third-order valence-electron chi connectivity index (χ3n) is 3.50. The highest BCUT2D eigenvalue weighted by Gasteiger charge is 2.30. The zero-order chi connectivity index (χ0) is 12.3. The fraction of sp³-hybridized carbons (Fsp3) is 0.909. The third-order valence-corrected chi connectivity index (χ3v) is 4.80. The first-order valence-corrected chi connectivity index (χ1v) is 7.81. The van der Waals surface area contributed by atoms with Gasteiger partial charge < -0.3 is 9.50 Å². The Kier molecular flexibility index (Phi) is 4.04. The number of nitrogens with one attached hydrogen (secondary N) is 1. The summed E-state index contributed by atoms with van der Waals surface area (Å²) in [4.78, 5) is 11.6. The average Bonchev–Trinajstić information content (AvgIpc) is 2.85. The van der Waals surface area contributed by atoms with Crippen LogP contribution in [0.25, 0.3) is 0 Å². The summed E-state index contributed by atoms with van der Waals surface area (Å²) < 4.78 is 28.1. The first kappa shape index (κ1) is 12.8. The Balaban J connectivity index is 1.85. The third kappa shape index (κ3) is 3.67. The first-order valence-electron chi connectivity index (χ1n) is 6.23. The van der Waals surface area contributed by atoms with E-state index >= 15 is 0 Å². The largest absolute Gasteiger partial charge is 0.345 e. The van der Waals surface area contributed by atoms with E-state index < -0.39 is 16.1 Å². The molecular weight excluding hydrogens is 242 g/mol. The molecule has 0 amide bonds. The fourth-order valence-electron chi connectivity index (χ4n) is 2.53. The van der Waals surface area contributed by atoms with Gasteiger partial charge in [0.25, 0.3) is 0 Å². The van der Waals surface area contributed by atoms with Crippen LogP contribution in [0, 0.1) is 11.8 Å². The Hall–Kier alpha value is -0.620. The van der Waals surface area contributed by atoms with Crippen molar-refractivity contribution in [1.82, 2.24) is 5.32 Å². The van der Waals surface area contributed by atoms with Gasteiger partial charge in [0, 0.05) is 0 Å². The summed E-state index contributed by atoms with van der Waals surface area (Å²) >= 11 is 0. The van der Waals surface area contributed by atoms with E-state index in [-0.39, 0.29) is 17.6 Å². The molecule has 5 nitrogen and oxygen atoms in total. The highest BCUT2D eigenvalue weighted by molar-refractivity contribution is 7.87. The van der Waals surface area contributed by atoms with E-state index in [0.717, 1.165) is 38.6 Å². The lowest BCUT2D eigenvalue weighted by molar-refractivity contribution is -0.138. The van der Waals surface area contributed by atoms with E-state index in [1.165, 1.54) is 0 Å². The summed E-state index contributed by atoms with van der Waals surface area (Å²) in [6.45, 7) is 1.54. The lowest BCUT2D eigenvalue weighted by atomic mass is 10.1. The van der Waals surface area contributed by atoms with E-state index in [4.69, 9.17) is 0 Å². The summed E-state index contributed by atoms with van der Waals surface area (Å²) in [6, 6.07) is 0. The minimum absolute atomic E-state index is 0.0432. The summed E-state index contributed by atoms with van der Waals surface area (Å²) in [5.74, 6) is -0.713. The van der Waals surface area contributed by atoms with Gasteiger partial charge in [-0.2, -0.15) is 8.42 Å². The molecule has 2 fully saturated rings. The van der Waals surface area contributed by atoms with Crippen LogP contribution in [-0.4, -0.2) is 33.2 Å². The van der Waals surface area contributed by atoms with Crippen LogP contribution < -0.4 is 5.32 Å². The van der Waals surface area contributed by atoms with Crippen LogP contribution in [0.15, 0.2) is 0 Å². The van der Waals surface area contributed by atoms with Crippen molar-refractivity contribution in [2.24, 2.45) is 11.8 Å². The minimum atomic E-state index is -3.69. The van der Waals surface area contributed by atoms with Crippen molar-refractivity contribution in [2.75, 3.05) is 18.8 Å². The number of carbonyl (C=O) groups is 1. The smallest absolute Gasteiger partial charge is 0.325 e. The standard InChI is InChI=1S/C11H19NO4S/c13-11(10-3-1-2-4-10)16-17(14,15)8-9-5-6-12-7-9/h9-10,12H,1-8H2/t9-/m1/s1. The minimum Gasteiger partial charge on any atom is -0.345 e. The van der Waals surface area contributed by atoms with Crippen LogP contribution in [0.4, 0.5) is 0 Å². The summed E-state index contributed by atoms with van der Waals surface area (Å²) in [5, 5.41) is 3.10. The van der Waals surface area contributed by atoms with Gasteiger partial charge in [0.05, 0.1) is 11.7 Å². The van der Waals surface area contributed by atoms with E-state index in [9.17, 15) is 13.2 Å². The molecule has 2 rings (SSSR count). The summed E-state index contributed by atoms with van der Waals surface area (Å²) in [5.41, 5.74) is 0. The molecule has 1 aliphatic carbocycles. The van der Waals surface area contributed by atoms with Crippen molar-refractivity contribution in [2.45, 2.75) is 32.1 Å². The number of hydrogen-bond donors (Lipinski definition) is 1. The van der Waals surface area contributed by atoms with Gasteiger partial charge in [0.1, 0.15) is 0 Å². The molecule has 0 bridgehead atoms. The van der Waals surface area contributed by atoms with Gasteiger partial charge in [-0.05, 0) is 38.3 Å². The first-order chi connectivity index (χ1) is 8.07. The average molecular weight is 261 g/mol. The number of rotatable bonds is 4. The number of hydrogen-bond acceptors (Lipinski definition) is 5. The second-order valence-electron chi connectivity index (χ2n) is 4.97. The molecule has 0 spiro atoms. The topological polar surface area (TPSA) is 72.5 Å². The molecule has 1 saturated heterocycles. The summed E-state index contributed by atoms with van der Waals surface area (Å²) in [6.07, 6.45) is 4.34. The van der Waals surface area contributed by atoms with Crippen molar-refractivity contribution < 1.29 is 17.4 Å². The summed E-state index contributed by atoms with van der Waals surface area (Å²) in [7, 11) is -3.69. The monoisotopic (exact) mass is 261 g/mol. The molecule has 0 aromatic heterocycles. The van der Waals surface area contributed by atoms with Crippen molar-refractivity contribution in [3.8, 4) is 0 Å². The molecule has 6 heteroatoms. The van der Waals surface area contributed by atoms with Gasteiger partial charge in [-0.15, -0.1) is 0 Å². The molecule has 98 valence electrons. The fourth-order valence-corrected chi connectivity index (χ4v) is 3.85.